The Kier molecular flexibility index (Phi) is 4.58. The van der Waals surface area contributed by atoms with Crippen molar-refractivity contribution in [2.45, 2.75) is 46.1 Å². The molecule has 0 bridgehead atoms. The number of hydrogen-bond donors (Lipinski definition) is 1. The SMILES string of the molecule is C#CCCCC(N)c1c(C)cc(C)cc1C. The Balaban J connectivity index is 2.83. The number of rotatable bonds is 4. The summed E-state index contributed by atoms with van der Waals surface area (Å²) in [6.45, 7) is 6.39. The maximum Gasteiger partial charge on any atom is 0.0300 e. The lowest BCUT2D eigenvalue weighted by Gasteiger charge is -2.18. The second-order valence-electron chi connectivity index (χ2n) is 4.52. The second-order valence-corrected chi connectivity index (χ2v) is 4.52. The van der Waals surface area contributed by atoms with Gasteiger partial charge in [-0.3, -0.25) is 0 Å². The van der Waals surface area contributed by atoms with Crippen molar-refractivity contribution in [3.63, 3.8) is 0 Å². The van der Waals surface area contributed by atoms with Crippen LogP contribution in [-0.2, 0) is 0 Å². The highest BCUT2D eigenvalue weighted by atomic mass is 14.6. The van der Waals surface area contributed by atoms with Gasteiger partial charge in [-0.25, -0.2) is 0 Å². The van der Waals surface area contributed by atoms with Crippen molar-refractivity contribution in [2.75, 3.05) is 0 Å². The van der Waals surface area contributed by atoms with Gasteiger partial charge in [0, 0.05) is 12.5 Å². The first-order valence-electron chi connectivity index (χ1n) is 5.83. The minimum absolute atomic E-state index is 0.119. The molecule has 1 heteroatoms. The lowest BCUT2D eigenvalue weighted by atomic mass is 9.92. The van der Waals surface area contributed by atoms with Gasteiger partial charge in [0.1, 0.15) is 0 Å². The van der Waals surface area contributed by atoms with Crippen molar-refractivity contribution in [3.8, 4) is 12.3 Å². The predicted octanol–water partition coefficient (Wildman–Crippen LogP) is 3.42. The Morgan fingerprint density at radius 3 is 2.31 bits per heavy atom. The van der Waals surface area contributed by atoms with E-state index >= 15 is 0 Å². The molecule has 86 valence electrons. The van der Waals surface area contributed by atoms with Gasteiger partial charge in [-0.1, -0.05) is 17.7 Å². The van der Waals surface area contributed by atoms with Crippen molar-refractivity contribution in [3.05, 3.63) is 34.4 Å². The molecule has 0 amide bonds. The molecule has 0 aliphatic carbocycles. The molecule has 0 saturated carbocycles. The van der Waals surface area contributed by atoms with Crippen molar-refractivity contribution in [1.29, 1.82) is 0 Å². The van der Waals surface area contributed by atoms with Crippen LogP contribution in [0.15, 0.2) is 12.1 Å². The van der Waals surface area contributed by atoms with E-state index in [1.165, 1.54) is 22.3 Å². The standard InChI is InChI=1S/C15H21N/c1-5-6-7-8-14(16)15-12(3)9-11(2)10-13(15)4/h1,9-10,14H,6-8,16H2,2-4H3. The number of aryl methyl sites for hydroxylation is 3. The van der Waals surface area contributed by atoms with Gasteiger partial charge in [-0.15, -0.1) is 12.3 Å². The predicted molar refractivity (Wildman–Crippen MR) is 70.3 cm³/mol. The molecular weight excluding hydrogens is 194 g/mol. The summed E-state index contributed by atoms with van der Waals surface area (Å²) in [5, 5.41) is 0. The molecule has 1 aromatic carbocycles. The maximum absolute atomic E-state index is 6.22. The van der Waals surface area contributed by atoms with Crippen LogP contribution in [-0.4, -0.2) is 0 Å². The molecule has 1 aromatic rings. The third-order valence-electron chi connectivity index (χ3n) is 2.95. The summed E-state index contributed by atoms with van der Waals surface area (Å²) in [6, 6.07) is 4.51. The molecule has 0 aliphatic heterocycles. The van der Waals surface area contributed by atoms with Crippen LogP contribution < -0.4 is 5.73 Å². The molecule has 0 spiro atoms. The molecule has 1 unspecified atom stereocenters. The van der Waals surface area contributed by atoms with Crippen molar-refractivity contribution in [1.82, 2.24) is 0 Å². The fourth-order valence-corrected chi connectivity index (χ4v) is 2.34. The van der Waals surface area contributed by atoms with E-state index in [1.54, 1.807) is 0 Å². The molecule has 0 saturated heterocycles. The van der Waals surface area contributed by atoms with Gasteiger partial charge in [-0.2, -0.15) is 0 Å². The first kappa shape index (κ1) is 12.8. The Morgan fingerprint density at radius 1 is 1.25 bits per heavy atom. The quantitative estimate of drug-likeness (QED) is 0.604. The normalized spacial score (nSPS) is 12.2. The van der Waals surface area contributed by atoms with Crippen LogP contribution in [0.3, 0.4) is 0 Å². The zero-order chi connectivity index (χ0) is 12.1. The minimum Gasteiger partial charge on any atom is -0.324 e. The fourth-order valence-electron chi connectivity index (χ4n) is 2.34. The fraction of sp³-hybridized carbons (Fsp3) is 0.467. The van der Waals surface area contributed by atoms with Gasteiger partial charge >= 0.3 is 0 Å². The van der Waals surface area contributed by atoms with Crippen LogP contribution in [0.2, 0.25) is 0 Å². The van der Waals surface area contributed by atoms with Gasteiger partial charge in [0.2, 0.25) is 0 Å². The molecule has 2 N–H and O–H groups in total. The highest BCUT2D eigenvalue weighted by Crippen LogP contribution is 2.25. The topological polar surface area (TPSA) is 26.0 Å². The largest absolute Gasteiger partial charge is 0.324 e. The van der Waals surface area contributed by atoms with E-state index in [0.29, 0.717) is 0 Å². The van der Waals surface area contributed by atoms with E-state index in [1.807, 2.05) is 0 Å². The third-order valence-corrected chi connectivity index (χ3v) is 2.95. The Morgan fingerprint density at radius 2 is 1.81 bits per heavy atom. The molecule has 1 nitrogen and oxygen atoms in total. The van der Waals surface area contributed by atoms with Crippen LogP contribution in [0.4, 0.5) is 0 Å². The Labute approximate surface area is 99.1 Å². The number of unbranched alkanes of at least 4 members (excludes halogenated alkanes) is 1. The third kappa shape index (κ3) is 3.12. The van der Waals surface area contributed by atoms with Gasteiger partial charge in [-0.05, 0) is 50.3 Å². The van der Waals surface area contributed by atoms with E-state index in [0.717, 1.165) is 19.3 Å². The van der Waals surface area contributed by atoms with E-state index in [2.05, 4.69) is 38.8 Å². The number of hydrogen-bond acceptors (Lipinski definition) is 1. The summed E-state index contributed by atoms with van der Waals surface area (Å²) in [7, 11) is 0. The molecule has 1 atom stereocenters. The van der Waals surface area contributed by atoms with Crippen molar-refractivity contribution < 1.29 is 0 Å². The van der Waals surface area contributed by atoms with Crippen LogP contribution in [0.1, 0.15) is 47.6 Å². The van der Waals surface area contributed by atoms with E-state index in [4.69, 9.17) is 12.2 Å². The van der Waals surface area contributed by atoms with E-state index < -0.39 is 0 Å². The zero-order valence-electron chi connectivity index (χ0n) is 10.5. The summed E-state index contributed by atoms with van der Waals surface area (Å²) >= 11 is 0. The van der Waals surface area contributed by atoms with Crippen molar-refractivity contribution in [2.24, 2.45) is 5.73 Å². The first-order valence-corrected chi connectivity index (χ1v) is 5.83. The smallest absolute Gasteiger partial charge is 0.0300 e. The van der Waals surface area contributed by atoms with E-state index in [-0.39, 0.29) is 6.04 Å². The summed E-state index contributed by atoms with van der Waals surface area (Å²) in [4.78, 5) is 0. The molecule has 0 aromatic heterocycles. The second kappa shape index (κ2) is 5.72. The monoisotopic (exact) mass is 215 g/mol. The molecule has 0 fully saturated rings. The van der Waals surface area contributed by atoms with Crippen LogP contribution in [0.5, 0.6) is 0 Å². The molecular formula is C15H21N. The number of terminal acetylenes is 1. The molecule has 0 aliphatic rings. The number of benzene rings is 1. The summed E-state index contributed by atoms with van der Waals surface area (Å²) in [6.07, 6.45) is 8.03. The lowest BCUT2D eigenvalue weighted by molar-refractivity contribution is 0.615. The van der Waals surface area contributed by atoms with Crippen LogP contribution in [0, 0.1) is 33.1 Å². The van der Waals surface area contributed by atoms with Gasteiger partial charge < -0.3 is 5.73 Å². The highest BCUT2D eigenvalue weighted by Gasteiger charge is 2.11. The summed E-state index contributed by atoms with van der Waals surface area (Å²) < 4.78 is 0. The van der Waals surface area contributed by atoms with Crippen molar-refractivity contribution >= 4 is 0 Å². The van der Waals surface area contributed by atoms with Crippen LogP contribution in [0.25, 0.3) is 0 Å². The Bertz CT molecular complexity index is 375. The van der Waals surface area contributed by atoms with E-state index in [9.17, 15) is 0 Å². The molecule has 1 rings (SSSR count). The average Bonchev–Trinajstić information content (AvgIpc) is 2.16. The summed E-state index contributed by atoms with van der Waals surface area (Å²) in [5.74, 6) is 2.66. The summed E-state index contributed by atoms with van der Waals surface area (Å²) in [5.41, 5.74) is 11.4. The number of nitrogens with two attached hydrogens (primary N) is 1. The average molecular weight is 215 g/mol. The molecule has 0 radical (unpaired) electrons. The van der Waals surface area contributed by atoms with Crippen LogP contribution >= 0.6 is 0 Å². The molecule has 16 heavy (non-hydrogen) atoms. The van der Waals surface area contributed by atoms with Gasteiger partial charge in [0.05, 0.1) is 0 Å². The van der Waals surface area contributed by atoms with Gasteiger partial charge in [0.15, 0.2) is 0 Å². The molecule has 0 heterocycles. The Hall–Kier alpha value is -1.26. The van der Waals surface area contributed by atoms with Gasteiger partial charge in [0.25, 0.3) is 0 Å². The first-order chi connectivity index (χ1) is 7.56. The highest BCUT2D eigenvalue weighted by molar-refractivity contribution is 5.39. The lowest BCUT2D eigenvalue weighted by Crippen LogP contribution is -2.13. The minimum atomic E-state index is 0.119. The zero-order valence-corrected chi connectivity index (χ0v) is 10.5. The maximum atomic E-state index is 6.22.